The van der Waals surface area contributed by atoms with Crippen LogP contribution in [0.4, 0.5) is 0 Å². The summed E-state index contributed by atoms with van der Waals surface area (Å²) in [4.78, 5) is 0. The van der Waals surface area contributed by atoms with Crippen LogP contribution in [0.15, 0.2) is 95.8 Å². The second-order valence-corrected chi connectivity index (χ2v) is 17.3. The topological polar surface area (TPSA) is 35.1 Å². The minimum absolute atomic E-state index is 0.0535. The van der Waals surface area contributed by atoms with Crippen molar-refractivity contribution < 1.29 is 4.55 Å². The van der Waals surface area contributed by atoms with Crippen molar-refractivity contribution in [3.63, 3.8) is 0 Å². The fraction of sp³-hybridized carbons (Fsp3) is 0.371. The summed E-state index contributed by atoms with van der Waals surface area (Å²) < 4.78 is 17.0. The van der Waals surface area contributed by atoms with Crippen molar-refractivity contribution in [2.75, 3.05) is 6.16 Å². The van der Waals surface area contributed by atoms with Gasteiger partial charge in [0.1, 0.15) is 10.8 Å². The highest BCUT2D eigenvalue weighted by Gasteiger charge is 2.54. The third-order valence-electron chi connectivity index (χ3n) is 8.30. The molecule has 0 amide bonds. The molecule has 0 saturated heterocycles. The SMILES string of the molecule is CC1=C(c2ccccc2)[P@@]2C[C@]1(C)C(c1ccccc1)=C2[C@@H](N[S+]([O-])C(C)(C)C)c1ccc(C(C)(C)C)cc1. The maximum atomic E-state index is 13.7. The molecular weight excluding hydrogens is 513 g/mol. The first-order valence-electron chi connectivity index (χ1n) is 14.0. The van der Waals surface area contributed by atoms with Crippen LogP contribution in [0.3, 0.4) is 0 Å². The van der Waals surface area contributed by atoms with Crippen LogP contribution in [0.1, 0.15) is 83.7 Å². The molecule has 5 rings (SSSR count). The van der Waals surface area contributed by atoms with E-state index in [0.29, 0.717) is 0 Å². The van der Waals surface area contributed by atoms with Gasteiger partial charge in [-0.2, -0.15) is 0 Å². The van der Waals surface area contributed by atoms with Gasteiger partial charge in [-0.25, -0.2) is 0 Å². The summed E-state index contributed by atoms with van der Waals surface area (Å²) in [7, 11) is -0.620. The van der Waals surface area contributed by atoms with E-state index in [-0.39, 0.29) is 21.6 Å². The molecule has 1 unspecified atom stereocenters. The molecule has 2 nitrogen and oxygen atoms in total. The number of benzene rings is 3. The molecule has 0 saturated carbocycles. The van der Waals surface area contributed by atoms with E-state index in [4.69, 9.17) is 0 Å². The minimum atomic E-state index is -1.23. The summed E-state index contributed by atoms with van der Waals surface area (Å²) in [6.45, 7) is 17.7. The Morgan fingerprint density at radius 3 is 1.87 bits per heavy atom. The normalized spacial score (nSPS) is 22.9. The van der Waals surface area contributed by atoms with Gasteiger partial charge in [0.25, 0.3) is 0 Å². The van der Waals surface area contributed by atoms with Crippen molar-refractivity contribution in [1.82, 2.24) is 4.72 Å². The van der Waals surface area contributed by atoms with E-state index >= 15 is 0 Å². The highest BCUT2D eigenvalue weighted by atomic mass is 32.2. The van der Waals surface area contributed by atoms with E-state index in [1.54, 1.807) is 0 Å². The van der Waals surface area contributed by atoms with Gasteiger partial charge in [0.2, 0.25) is 0 Å². The van der Waals surface area contributed by atoms with Crippen molar-refractivity contribution in [2.45, 2.75) is 71.6 Å². The van der Waals surface area contributed by atoms with Crippen molar-refractivity contribution >= 4 is 30.2 Å². The van der Waals surface area contributed by atoms with Gasteiger partial charge in [0.05, 0.1) is 0 Å². The summed E-state index contributed by atoms with van der Waals surface area (Å²) in [5.74, 6) is 0. The van der Waals surface area contributed by atoms with Crippen LogP contribution in [-0.2, 0) is 16.8 Å². The molecule has 3 aromatic carbocycles. The zero-order valence-electron chi connectivity index (χ0n) is 24.6. The van der Waals surface area contributed by atoms with E-state index in [1.165, 1.54) is 44.0 Å². The second kappa shape index (κ2) is 10.3. The van der Waals surface area contributed by atoms with Crippen LogP contribution >= 0.6 is 7.92 Å². The number of fused-ring (bicyclic) bond motifs is 2. The van der Waals surface area contributed by atoms with Crippen molar-refractivity contribution in [1.29, 1.82) is 0 Å². The molecule has 0 spiro atoms. The lowest BCUT2D eigenvalue weighted by atomic mass is 9.73. The van der Waals surface area contributed by atoms with Crippen LogP contribution in [0.2, 0.25) is 0 Å². The first kappa shape index (κ1) is 28.4. The molecule has 204 valence electrons. The maximum absolute atomic E-state index is 13.7. The Morgan fingerprint density at radius 2 is 1.36 bits per heavy atom. The third kappa shape index (κ3) is 5.20. The average Bonchev–Trinajstić information content (AvgIpc) is 3.34. The van der Waals surface area contributed by atoms with Gasteiger partial charge in [-0.05, 0) is 85.6 Å². The standard InChI is InChI=1S/C35H42NOPS/c1-24-31(27-17-13-10-14-18-27)38-23-35(24,8)29(25-15-11-9-12-16-25)32(38)30(36-39(37)34(5,6)7)26-19-21-28(22-20-26)33(2,3)4/h9-22,30,36H,23H2,1-8H3/t30-,35-,38+,39?/m0/s1. The van der Waals surface area contributed by atoms with Crippen LogP contribution < -0.4 is 4.72 Å². The Morgan fingerprint density at radius 1 is 0.821 bits per heavy atom. The van der Waals surface area contributed by atoms with Crippen molar-refractivity contribution in [3.8, 4) is 0 Å². The molecule has 0 aliphatic carbocycles. The predicted octanol–water partition coefficient (Wildman–Crippen LogP) is 9.43. The van der Waals surface area contributed by atoms with E-state index in [9.17, 15) is 4.55 Å². The summed E-state index contributed by atoms with van der Waals surface area (Å²) in [5, 5.41) is 2.94. The van der Waals surface area contributed by atoms with Gasteiger partial charge >= 0.3 is 0 Å². The Labute approximate surface area is 240 Å². The fourth-order valence-electron chi connectivity index (χ4n) is 5.95. The van der Waals surface area contributed by atoms with Gasteiger partial charge in [-0.3, -0.25) is 0 Å². The largest absolute Gasteiger partial charge is 0.598 e. The first-order chi connectivity index (χ1) is 18.3. The summed E-state index contributed by atoms with van der Waals surface area (Å²) in [6, 6.07) is 30.7. The average molecular weight is 556 g/mol. The highest BCUT2D eigenvalue weighted by Crippen LogP contribution is 2.79. The van der Waals surface area contributed by atoms with Gasteiger partial charge < -0.3 is 4.55 Å². The zero-order valence-corrected chi connectivity index (χ0v) is 26.3. The van der Waals surface area contributed by atoms with E-state index in [2.05, 4.69) is 145 Å². The molecule has 2 aliphatic rings. The lowest BCUT2D eigenvalue weighted by molar-refractivity contribution is 0.536. The minimum Gasteiger partial charge on any atom is -0.598 e. The van der Waals surface area contributed by atoms with Crippen molar-refractivity contribution in [2.24, 2.45) is 5.41 Å². The highest BCUT2D eigenvalue weighted by molar-refractivity contribution is 7.90. The Bertz CT molecular complexity index is 1400. The summed E-state index contributed by atoms with van der Waals surface area (Å²) >= 11 is -1.23. The molecule has 0 radical (unpaired) electrons. The predicted molar refractivity (Wildman–Crippen MR) is 171 cm³/mol. The fourth-order valence-corrected chi connectivity index (χ4v) is 10.7. The second-order valence-electron chi connectivity index (χ2n) is 13.2. The van der Waals surface area contributed by atoms with Gasteiger partial charge in [0.15, 0.2) is 0 Å². The van der Waals surface area contributed by atoms with Crippen LogP contribution in [0, 0.1) is 5.41 Å². The van der Waals surface area contributed by atoms with Gasteiger partial charge in [-0.15, -0.1) is 4.72 Å². The molecule has 2 heterocycles. The number of hydrogen-bond acceptors (Lipinski definition) is 2. The van der Waals surface area contributed by atoms with Gasteiger partial charge in [0, 0.05) is 16.8 Å². The molecule has 4 atom stereocenters. The molecule has 3 aromatic rings. The van der Waals surface area contributed by atoms with E-state index in [0.717, 1.165) is 6.16 Å². The van der Waals surface area contributed by atoms with E-state index < -0.39 is 19.3 Å². The molecule has 1 N–H and O–H groups in total. The molecule has 4 heteroatoms. The molecule has 2 bridgehead atoms. The third-order valence-corrected chi connectivity index (χ3v) is 13.0. The summed E-state index contributed by atoms with van der Waals surface area (Å²) in [6.07, 6.45) is 1.11. The van der Waals surface area contributed by atoms with Crippen LogP contribution in [-0.4, -0.2) is 15.5 Å². The zero-order chi connectivity index (χ0) is 28.2. The van der Waals surface area contributed by atoms with Crippen molar-refractivity contribution in [3.05, 3.63) is 118 Å². The van der Waals surface area contributed by atoms with Crippen LogP contribution in [0.5, 0.6) is 0 Å². The van der Waals surface area contributed by atoms with E-state index in [1.807, 2.05) is 0 Å². The maximum Gasteiger partial charge on any atom is 0.136 e. The molecular formula is C35H42NOPS. The number of hydrogen-bond donors (Lipinski definition) is 1. The Balaban J connectivity index is 1.73. The molecule has 0 aromatic heterocycles. The number of allylic oxidation sites excluding steroid dienone is 2. The van der Waals surface area contributed by atoms with Crippen LogP contribution in [0.25, 0.3) is 10.9 Å². The van der Waals surface area contributed by atoms with Gasteiger partial charge in [-0.1, -0.05) is 118 Å². The lowest BCUT2D eigenvalue weighted by Crippen LogP contribution is -2.41. The molecule has 2 aliphatic heterocycles. The summed E-state index contributed by atoms with van der Waals surface area (Å²) in [5.41, 5.74) is 8.05. The molecule has 0 fully saturated rings. The Kier molecular flexibility index (Phi) is 7.53. The lowest BCUT2D eigenvalue weighted by Gasteiger charge is -2.36. The Hall–Kier alpha value is -2.16. The number of rotatable bonds is 6. The molecule has 39 heavy (non-hydrogen) atoms. The quantitative estimate of drug-likeness (QED) is 0.243. The number of nitrogens with one attached hydrogen (secondary N) is 1. The monoisotopic (exact) mass is 555 g/mol. The smallest absolute Gasteiger partial charge is 0.136 e. The first-order valence-corrected chi connectivity index (χ1v) is 16.6.